The third-order valence-corrected chi connectivity index (χ3v) is 4.65. The van der Waals surface area contributed by atoms with Gasteiger partial charge < -0.3 is 5.32 Å². The van der Waals surface area contributed by atoms with Gasteiger partial charge in [0.25, 0.3) is 0 Å². The van der Waals surface area contributed by atoms with Crippen LogP contribution >= 0.6 is 11.8 Å². The average molecular weight is 317 g/mol. The van der Waals surface area contributed by atoms with Crippen molar-refractivity contribution in [3.8, 4) is 0 Å². The van der Waals surface area contributed by atoms with Crippen molar-refractivity contribution in [2.45, 2.75) is 31.7 Å². The van der Waals surface area contributed by atoms with Gasteiger partial charge in [-0.15, -0.1) is 11.8 Å². The van der Waals surface area contributed by atoms with Crippen LogP contribution in [0.5, 0.6) is 0 Å². The molecular formula is C18H20FNOS. The molecule has 2 rings (SSSR count). The minimum atomic E-state index is -0.289. The maximum atomic E-state index is 13.5. The number of amides is 1. The molecule has 1 amide bonds. The van der Waals surface area contributed by atoms with Crippen LogP contribution in [-0.2, 0) is 4.79 Å². The molecule has 116 valence electrons. The molecule has 0 aliphatic heterocycles. The lowest BCUT2D eigenvalue weighted by Gasteiger charge is -2.15. The molecular weight excluding hydrogens is 297 g/mol. The Balaban J connectivity index is 1.91. The first kappa shape index (κ1) is 16.6. The Morgan fingerprint density at radius 1 is 1.18 bits per heavy atom. The van der Waals surface area contributed by atoms with E-state index < -0.39 is 0 Å². The zero-order chi connectivity index (χ0) is 16.1. The number of carbonyl (C=O) groups is 1. The van der Waals surface area contributed by atoms with E-state index >= 15 is 0 Å². The second kappa shape index (κ2) is 7.45. The number of thioether (sulfide) groups is 1. The van der Waals surface area contributed by atoms with Gasteiger partial charge in [0.1, 0.15) is 5.82 Å². The van der Waals surface area contributed by atoms with E-state index in [-0.39, 0.29) is 23.5 Å². The summed E-state index contributed by atoms with van der Waals surface area (Å²) in [5.74, 6) is -0.183. The van der Waals surface area contributed by atoms with Gasteiger partial charge >= 0.3 is 0 Å². The SMILES string of the molecule is Cc1ccc(C(C)NC(=O)CSc2ccccc2F)cc1C. The Morgan fingerprint density at radius 2 is 1.91 bits per heavy atom. The Bertz CT molecular complexity index is 672. The van der Waals surface area contributed by atoms with Crippen LogP contribution in [0.15, 0.2) is 47.4 Å². The normalized spacial score (nSPS) is 12.0. The molecule has 2 aromatic rings. The Kier molecular flexibility index (Phi) is 5.61. The lowest BCUT2D eigenvalue weighted by Crippen LogP contribution is -2.28. The molecule has 4 heteroatoms. The summed E-state index contributed by atoms with van der Waals surface area (Å²) in [7, 11) is 0. The van der Waals surface area contributed by atoms with Gasteiger partial charge in [0.2, 0.25) is 5.91 Å². The highest BCUT2D eigenvalue weighted by molar-refractivity contribution is 8.00. The molecule has 2 nitrogen and oxygen atoms in total. The predicted octanol–water partition coefficient (Wildman–Crippen LogP) is 4.41. The number of aryl methyl sites for hydroxylation is 2. The number of hydrogen-bond donors (Lipinski definition) is 1. The first-order valence-electron chi connectivity index (χ1n) is 7.21. The maximum Gasteiger partial charge on any atom is 0.230 e. The molecule has 0 fully saturated rings. The Hall–Kier alpha value is -1.81. The number of rotatable bonds is 5. The number of carbonyl (C=O) groups excluding carboxylic acids is 1. The molecule has 22 heavy (non-hydrogen) atoms. The standard InChI is InChI=1S/C18H20FNOS/c1-12-8-9-15(10-13(12)2)14(3)20-18(21)11-22-17-7-5-4-6-16(17)19/h4-10,14H,11H2,1-3H3,(H,20,21). The van der Waals surface area contributed by atoms with Crippen LogP contribution in [0.4, 0.5) is 4.39 Å². The van der Waals surface area contributed by atoms with Crippen LogP contribution in [0.2, 0.25) is 0 Å². The van der Waals surface area contributed by atoms with E-state index in [0.29, 0.717) is 4.90 Å². The summed E-state index contributed by atoms with van der Waals surface area (Å²) >= 11 is 1.21. The highest BCUT2D eigenvalue weighted by Crippen LogP contribution is 2.21. The molecule has 0 bridgehead atoms. The molecule has 1 N–H and O–H groups in total. The fraction of sp³-hybridized carbons (Fsp3) is 0.278. The van der Waals surface area contributed by atoms with Crippen LogP contribution in [0.3, 0.4) is 0 Å². The molecule has 0 aliphatic rings. The van der Waals surface area contributed by atoms with Crippen LogP contribution in [-0.4, -0.2) is 11.7 Å². The third kappa shape index (κ3) is 4.34. The lowest BCUT2D eigenvalue weighted by molar-refractivity contribution is -0.119. The van der Waals surface area contributed by atoms with E-state index in [4.69, 9.17) is 0 Å². The third-order valence-electron chi connectivity index (χ3n) is 3.60. The summed E-state index contributed by atoms with van der Waals surface area (Å²) < 4.78 is 13.5. The number of nitrogens with one attached hydrogen (secondary N) is 1. The van der Waals surface area contributed by atoms with E-state index in [0.717, 1.165) is 5.56 Å². The number of benzene rings is 2. The molecule has 0 heterocycles. The predicted molar refractivity (Wildman–Crippen MR) is 89.6 cm³/mol. The molecule has 0 aromatic heterocycles. The largest absolute Gasteiger partial charge is 0.349 e. The van der Waals surface area contributed by atoms with Gasteiger partial charge in [-0.1, -0.05) is 30.3 Å². The molecule has 1 unspecified atom stereocenters. The van der Waals surface area contributed by atoms with Crippen LogP contribution in [0, 0.1) is 19.7 Å². The Labute approximate surface area is 135 Å². The van der Waals surface area contributed by atoms with Gasteiger partial charge in [-0.3, -0.25) is 4.79 Å². The van der Waals surface area contributed by atoms with Gasteiger partial charge in [0.05, 0.1) is 11.8 Å². The topological polar surface area (TPSA) is 29.1 Å². The van der Waals surface area contributed by atoms with E-state index in [2.05, 4.69) is 31.3 Å². The van der Waals surface area contributed by atoms with Crippen molar-refractivity contribution >= 4 is 17.7 Å². The van der Waals surface area contributed by atoms with Crippen molar-refractivity contribution in [3.05, 3.63) is 65.0 Å². The van der Waals surface area contributed by atoms with E-state index in [1.807, 2.05) is 13.0 Å². The van der Waals surface area contributed by atoms with Crippen molar-refractivity contribution in [1.82, 2.24) is 5.32 Å². The first-order valence-corrected chi connectivity index (χ1v) is 8.20. The Morgan fingerprint density at radius 3 is 2.59 bits per heavy atom. The maximum absolute atomic E-state index is 13.5. The smallest absolute Gasteiger partial charge is 0.230 e. The monoisotopic (exact) mass is 317 g/mol. The van der Waals surface area contributed by atoms with Crippen molar-refractivity contribution in [1.29, 1.82) is 0 Å². The van der Waals surface area contributed by atoms with Crippen LogP contribution < -0.4 is 5.32 Å². The molecule has 0 spiro atoms. The second-order valence-corrected chi connectivity index (χ2v) is 6.37. The summed E-state index contributed by atoms with van der Waals surface area (Å²) in [4.78, 5) is 12.5. The summed E-state index contributed by atoms with van der Waals surface area (Å²) in [6.45, 7) is 6.07. The minimum Gasteiger partial charge on any atom is -0.349 e. The van der Waals surface area contributed by atoms with Crippen molar-refractivity contribution in [2.24, 2.45) is 0 Å². The zero-order valence-electron chi connectivity index (χ0n) is 13.0. The summed E-state index contributed by atoms with van der Waals surface area (Å²) in [6, 6.07) is 12.6. The van der Waals surface area contributed by atoms with Gasteiger partial charge in [0.15, 0.2) is 0 Å². The first-order chi connectivity index (χ1) is 10.5. The van der Waals surface area contributed by atoms with E-state index in [9.17, 15) is 9.18 Å². The zero-order valence-corrected chi connectivity index (χ0v) is 13.8. The second-order valence-electron chi connectivity index (χ2n) is 5.35. The fourth-order valence-electron chi connectivity index (χ4n) is 2.11. The average Bonchev–Trinajstić information content (AvgIpc) is 2.49. The molecule has 0 radical (unpaired) electrons. The van der Waals surface area contributed by atoms with Gasteiger partial charge in [-0.25, -0.2) is 4.39 Å². The van der Waals surface area contributed by atoms with Gasteiger partial charge in [-0.05, 0) is 49.6 Å². The van der Waals surface area contributed by atoms with Crippen molar-refractivity contribution in [3.63, 3.8) is 0 Å². The van der Waals surface area contributed by atoms with Crippen molar-refractivity contribution in [2.75, 3.05) is 5.75 Å². The molecule has 0 aliphatic carbocycles. The summed E-state index contributed by atoms with van der Waals surface area (Å²) in [5, 5.41) is 2.95. The molecule has 0 saturated carbocycles. The van der Waals surface area contributed by atoms with Crippen molar-refractivity contribution < 1.29 is 9.18 Å². The fourth-order valence-corrected chi connectivity index (χ4v) is 2.86. The molecule has 2 aromatic carbocycles. The minimum absolute atomic E-state index is 0.0620. The highest BCUT2D eigenvalue weighted by atomic mass is 32.2. The van der Waals surface area contributed by atoms with Crippen LogP contribution in [0.25, 0.3) is 0 Å². The lowest BCUT2D eigenvalue weighted by atomic mass is 10.0. The van der Waals surface area contributed by atoms with Gasteiger partial charge in [-0.2, -0.15) is 0 Å². The molecule has 1 atom stereocenters. The van der Waals surface area contributed by atoms with Gasteiger partial charge in [0, 0.05) is 4.90 Å². The highest BCUT2D eigenvalue weighted by Gasteiger charge is 2.11. The summed E-state index contributed by atoms with van der Waals surface area (Å²) in [6.07, 6.45) is 0. The number of hydrogen-bond acceptors (Lipinski definition) is 2. The van der Waals surface area contributed by atoms with E-state index in [1.165, 1.54) is 29.0 Å². The number of halogens is 1. The molecule has 0 saturated heterocycles. The quantitative estimate of drug-likeness (QED) is 0.828. The van der Waals surface area contributed by atoms with Crippen LogP contribution in [0.1, 0.15) is 29.7 Å². The summed E-state index contributed by atoms with van der Waals surface area (Å²) in [5.41, 5.74) is 3.52. The van der Waals surface area contributed by atoms with E-state index in [1.54, 1.807) is 18.2 Å².